The minimum Gasteiger partial charge on any atom is -0.464 e. The number of carbonyl (C=O) groups excluding carboxylic acids is 1. The normalized spacial score (nSPS) is 24.5. The Labute approximate surface area is 96.3 Å². The lowest BCUT2D eigenvalue weighted by molar-refractivity contribution is -0.151. The molecule has 2 aliphatic carbocycles. The molecule has 2 rings (SSSR count). The molecule has 2 nitrogen and oxygen atoms in total. The van der Waals surface area contributed by atoms with Crippen LogP contribution in [0.4, 0.5) is 0 Å². The number of carbonyl (C=O) groups is 1. The second-order valence-electron chi connectivity index (χ2n) is 5.70. The molecule has 2 saturated carbocycles. The van der Waals surface area contributed by atoms with Gasteiger partial charge in [0, 0.05) is 0 Å². The van der Waals surface area contributed by atoms with E-state index in [1.807, 2.05) is 0 Å². The van der Waals surface area contributed by atoms with Crippen molar-refractivity contribution in [3.8, 4) is 0 Å². The minimum atomic E-state index is -0.877. The number of halogens is 1. The first-order chi connectivity index (χ1) is 6.91. The van der Waals surface area contributed by atoms with Crippen LogP contribution in [0, 0.1) is 11.3 Å². The van der Waals surface area contributed by atoms with Gasteiger partial charge in [-0.25, -0.2) is 0 Å². The molecule has 2 fully saturated rings. The fourth-order valence-electron chi connectivity index (χ4n) is 2.73. The fraction of sp³-hybridized carbons (Fsp3) is 0.917. The van der Waals surface area contributed by atoms with Crippen LogP contribution in [0.3, 0.4) is 0 Å². The van der Waals surface area contributed by atoms with Crippen molar-refractivity contribution in [1.82, 2.24) is 0 Å². The topological polar surface area (TPSA) is 26.3 Å². The Hall–Kier alpha value is -0.240. The Morgan fingerprint density at radius 2 is 2.07 bits per heavy atom. The number of rotatable bonds is 3. The van der Waals surface area contributed by atoms with Gasteiger partial charge in [0.05, 0.1) is 6.61 Å². The van der Waals surface area contributed by atoms with Gasteiger partial charge >= 0.3 is 5.97 Å². The zero-order valence-electron chi connectivity index (χ0n) is 9.51. The van der Waals surface area contributed by atoms with Gasteiger partial charge in [0.1, 0.15) is 4.87 Å². The van der Waals surface area contributed by atoms with Crippen LogP contribution in [0.2, 0.25) is 0 Å². The van der Waals surface area contributed by atoms with E-state index < -0.39 is 4.87 Å². The molecule has 86 valence electrons. The average Bonchev–Trinajstić information content (AvgIpc) is 1.96. The molecule has 0 aromatic rings. The van der Waals surface area contributed by atoms with E-state index >= 15 is 0 Å². The van der Waals surface area contributed by atoms with Crippen LogP contribution < -0.4 is 0 Å². The van der Waals surface area contributed by atoms with Gasteiger partial charge in [-0.05, 0) is 50.9 Å². The number of hydrogen-bond donors (Lipinski definition) is 0. The Morgan fingerprint density at radius 3 is 2.47 bits per heavy atom. The monoisotopic (exact) mass is 230 g/mol. The van der Waals surface area contributed by atoms with Crippen molar-refractivity contribution >= 4 is 17.6 Å². The zero-order valence-corrected chi connectivity index (χ0v) is 10.3. The van der Waals surface area contributed by atoms with Crippen molar-refractivity contribution in [1.29, 1.82) is 0 Å². The molecule has 3 heteroatoms. The van der Waals surface area contributed by atoms with Crippen LogP contribution >= 0.6 is 11.6 Å². The summed E-state index contributed by atoms with van der Waals surface area (Å²) in [4.78, 5) is 10.5. The van der Waals surface area contributed by atoms with Crippen molar-refractivity contribution in [3.05, 3.63) is 0 Å². The molecule has 0 aromatic heterocycles. The molecule has 0 aromatic carbocycles. The van der Waals surface area contributed by atoms with Gasteiger partial charge in [-0.1, -0.05) is 6.42 Å². The van der Waals surface area contributed by atoms with E-state index in [9.17, 15) is 4.79 Å². The molecule has 0 saturated heterocycles. The maximum atomic E-state index is 11.4. The van der Waals surface area contributed by atoms with Gasteiger partial charge in [0.15, 0.2) is 0 Å². The summed E-state index contributed by atoms with van der Waals surface area (Å²) in [5.41, 5.74) is 0.660. The third kappa shape index (κ3) is 2.30. The van der Waals surface area contributed by atoms with Crippen LogP contribution in [0.15, 0.2) is 0 Å². The van der Waals surface area contributed by atoms with Gasteiger partial charge in [-0.2, -0.15) is 0 Å². The lowest BCUT2D eigenvalue weighted by Gasteiger charge is -2.54. The fourth-order valence-corrected chi connectivity index (χ4v) is 2.79. The highest BCUT2D eigenvalue weighted by Gasteiger charge is 2.48. The predicted molar refractivity (Wildman–Crippen MR) is 59.9 cm³/mol. The van der Waals surface area contributed by atoms with Gasteiger partial charge < -0.3 is 4.74 Å². The Balaban J connectivity index is 1.66. The van der Waals surface area contributed by atoms with Crippen LogP contribution in [-0.4, -0.2) is 17.5 Å². The van der Waals surface area contributed by atoms with Gasteiger partial charge in [-0.3, -0.25) is 4.79 Å². The molecule has 0 N–H and O–H groups in total. The van der Waals surface area contributed by atoms with Crippen LogP contribution in [-0.2, 0) is 9.53 Å². The third-order valence-corrected chi connectivity index (χ3v) is 3.95. The Bertz CT molecular complexity index is 255. The SMILES string of the molecule is CC(C)(Cl)C(=O)OCC1CC2(CCC2)C1. The molecule has 1 spiro atoms. The third-order valence-electron chi connectivity index (χ3n) is 3.79. The summed E-state index contributed by atoms with van der Waals surface area (Å²) in [6.07, 6.45) is 6.67. The van der Waals surface area contributed by atoms with Gasteiger partial charge in [0.2, 0.25) is 0 Å². The summed E-state index contributed by atoms with van der Waals surface area (Å²) in [6.45, 7) is 3.91. The highest BCUT2D eigenvalue weighted by atomic mass is 35.5. The van der Waals surface area contributed by atoms with E-state index in [-0.39, 0.29) is 5.97 Å². The number of esters is 1. The van der Waals surface area contributed by atoms with Crippen molar-refractivity contribution in [2.24, 2.45) is 11.3 Å². The van der Waals surface area contributed by atoms with E-state index in [1.165, 1.54) is 32.1 Å². The zero-order chi connectivity index (χ0) is 11.1. The predicted octanol–water partition coefficient (Wildman–Crippen LogP) is 3.13. The number of hydrogen-bond acceptors (Lipinski definition) is 2. The molecule has 15 heavy (non-hydrogen) atoms. The summed E-state index contributed by atoms with van der Waals surface area (Å²) in [5.74, 6) is 0.298. The smallest absolute Gasteiger partial charge is 0.326 e. The van der Waals surface area contributed by atoms with Crippen molar-refractivity contribution in [2.45, 2.75) is 50.8 Å². The Morgan fingerprint density at radius 1 is 1.47 bits per heavy atom. The first kappa shape index (κ1) is 11.3. The maximum absolute atomic E-state index is 11.4. The van der Waals surface area contributed by atoms with Crippen molar-refractivity contribution < 1.29 is 9.53 Å². The number of ether oxygens (including phenoxy) is 1. The van der Waals surface area contributed by atoms with E-state index in [0.29, 0.717) is 17.9 Å². The average molecular weight is 231 g/mol. The molecule has 0 bridgehead atoms. The number of alkyl halides is 1. The molecule has 0 radical (unpaired) electrons. The maximum Gasteiger partial charge on any atom is 0.326 e. The van der Waals surface area contributed by atoms with Crippen molar-refractivity contribution in [2.75, 3.05) is 6.61 Å². The lowest BCUT2D eigenvalue weighted by atomic mass is 9.52. The lowest BCUT2D eigenvalue weighted by Crippen LogP contribution is -2.45. The van der Waals surface area contributed by atoms with E-state index in [4.69, 9.17) is 16.3 Å². The largest absolute Gasteiger partial charge is 0.464 e. The first-order valence-electron chi connectivity index (χ1n) is 5.77. The van der Waals surface area contributed by atoms with Crippen LogP contribution in [0.1, 0.15) is 46.0 Å². The molecule has 0 atom stereocenters. The van der Waals surface area contributed by atoms with E-state index in [0.717, 1.165) is 0 Å². The molecule has 0 unspecified atom stereocenters. The molecule has 2 aliphatic rings. The summed E-state index contributed by atoms with van der Waals surface area (Å²) in [7, 11) is 0. The highest BCUT2D eigenvalue weighted by Crippen LogP contribution is 2.58. The minimum absolute atomic E-state index is 0.293. The quantitative estimate of drug-likeness (QED) is 0.550. The molecule has 0 amide bonds. The molecule has 0 aliphatic heterocycles. The second-order valence-corrected chi connectivity index (χ2v) is 6.64. The summed E-state index contributed by atoms with van der Waals surface area (Å²) < 4.78 is 5.20. The summed E-state index contributed by atoms with van der Waals surface area (Å²) >= 11 is 5.85. The van der Waals surface area contributed by atoms with Crippen LogP contribution in [0.5, 0.6) is 0 Å². The van der Waals surface area contributed by atoms with Gasteiger partial charge in [0.25, 0.3) is 0 Å². The first-order valence-corrected chi connectivity index (χ1v) is 6.15. The van der Waals surface area contributed by atoms with E-state index in [1.54, 1.807) is 13.8 Å². The standard InChI is InChI=1S/C12H19ClO2/c1-11(2,13)10(14)15-8-9-6-12(7-9)4-3-5-12/h9H,3-8H2,1-2H3. The highest BCUT2D eigenvalue weighted by molar-refractivity contribution is 6.33. The molecule has 0 heterocycles. The Kier molecular flexibility index (Phi) is 2.74. The summed E-state index contributed by atoms with van der Waals surface area (Å²) in [5, 5.41) is 0. The van der Waals surface area contributed by atoms with Gasteiger partial charge in [-0.15, -0.1) is 11.6 Å². The molecular formula is C12H19ClO2. The van der Waals surface area contributed by atoms with E-state index in [2.05, 4.69) is 0 Å². The summed E-state index contributed by atoms with van der Waals surface area (Å²) in [6, 6.07) is 0. The van der Waals surface area contributed by atoms with Crippen LogP contribution in [0.25, 0.3) is 0 Å². The van der Waals surface area contributed by atoms with Crippen molar-refractivity contribution in [3.63, 3.8) is 0 Å². The molecular weight excluding hydrogens is 212 g/mol. The second kappa shape index (κ2) is 3.65.